The van der Waals surface area contributed by atoms with E-state index in [2.05, 4.69) is 18.2 Å². The Balaban J connectivity index is 1.96. The van der Waals surface area contributed by atoms with Crippen molar-refractivity contribution >= 4 is 0 Å². The maximum atomic E-state index is 9.96. The predicted octanol–water partition coefficient (Wildman–Crippen LogP) is 4.53. The SMILES string of the molecule is CC(C)=CC(O)CCc1ccccc1OCc1ccccc1. The van der Waals surface area contributed by atoms with E-state index >= 15 is 0 Å². The van der Waals surface area contributed by atoms with Crippen LogP contribution < -0.4 is 4.74 Å². The minimum absolute atomic E-state index is 0.396. The molecule has 0 aromatic heterocycles. The lowest BCUT2D eigenvalue weighted by molar-refractivity contribution is 0.211. The molecule has 2 nitrogen and oxygen atoms in total. The summed E-state index contributed by atoms with van der Waals surface area (Å²) in [4.78, 5) is 0. The van der Waals surface area contributed by atoms with Crippen molar-refractivity contribution < 1.29 is 9.84 Å². The van der Waals surface area contributed by atoms with Gasteiger partial charge in [0.25, 0.3) is 0 Å². The van der Waals surface area contributed by atoms with Crippen molar-refractivity contribution in [2.45, 2.75) is 39.4 Å². The molecule has 0 amide bonds. The Labute approximate surface area is 133 Å². The first-order valence-electron chi connectivity index (χ1n) is 7.73. The molecule has 1 unspecified atom stereocenters. The van der Waals surface area contributed by atoms with E-state index in [0.29, 0.717) is 13.0 Å². The molecule has 2 aromatic rings. The summed E-state index contributed by atoms with van der Waals surface area (Å²) in [5, 5.41) is 9.96. The summed E-state index contributed by atoms with van der Waals surface area (Å²) in [5.74, 6) is 0.899. The maximum absolute atomic E-state index is 9.96. The molecule has 0 spiro atoms. The lowest BCUT2D eigenvalue weighted by atomic mass is 10.0. The Bertz CT molecular complexity index is 598. The molecule has 0 radical (unpaired) electrons. The van der Waals surface area contributed by atoms with E-state index in [1.807, 2.05) is 56.3 Å². The van der Waals surface area contributed by atoms with Crippen LogP contribution in [0.3, 0.4) is 0 Å². The van der Waals surface area contributed by atoms with Crippen molar-refractivity contribution in [2.24, 2.45) is 0 Å². The van der Waals surface area contributed by atoms with Gasteiger partial charge in [-0.3, -0.25) is 0 Å². The second kappa shape index (κ2) is 8.40. The molecule has 2 rings (SSSR count). The highest BCUT2D eigenvalue weighted by atomic mass is 16.5. The van der Waals surface area contributed by atoms with Crippen molar-refractivity contribution in [1.82, 2.24) is 0 Å². The fraction of sp³-hybridized carbons (Fsp3) is 0.300. The number of benzene rings is 2. The fourth-order valence-corrected chi connectivity index (χ4v) is 2.36. The summed E-state index contributed by atoms with van der Waals surface area (Å²) in [6, 6.07) is 18.2. The normalized spacial score (nSPS) is 11.8. The number of aliphatic hydroxyl groups excluding tert-OH is 1. The Morgan fingerprint density at radius 2 is 1.73 bits per heavy atom. The average molecular weight is 296 g/mol. The quantitative estimate of drug-likeness (QED) is 0.761. The zero-order valence-electron chi connectivity index (χ0n) is 13.3. The summed E-state index contributed by atoms with van der Waals surface area (Å²) in [6.45, 7) is 4.56. The van der Waals surface area contributed by atoms with Crippen LogP contribution in [0.1, 0.15) is 31.4 Å². The van der Waals surface area contributed by atoms with Crippen molar-refractivity contribution in [1.29, 1.82) is 0 Å². The second-order valence-electron chi connectivity index (χ2n) is 5.73. The summed E-state index contributed by atoms with van der Waals surface area (Å²) in [5.41, 5.74) is 3.43. The Morgan fingerprint density at radius 3 is 2.45 bits per heavy atom. The molecular formula is C20H24O2. The average Bonchev–Trinajstić information content (AvgIpc) is 2.52. The third-order valence-electron chi connectivity index (χ3n) is 3.44. The molecular weight excluding hydrogens is 272 g/mol. The van der Waals surface area contributed by atoms with Gasteiger partial charge in [-0.1, -0.05) is 60.2 Å². The second-order valence-corrected chi connectivity index (χ2v) is 5.73. The molecule has 22 heavy (non-hydrogen) atoms. The van der Waals surface area contributed by atoms with Gasteiger partial charge in [-0.05, 0) is 43.9 Å². The van der Waals surface area contributed by atoms with Crippen LogP contribution in [0, 0.1) is 0 Å². The maximum Gasteiger partial charge on any atom is 0.122 e. The van der Waals surface area contributed by atoms with Gasteiger partial charge in [0.05, 0.1) is 6.10 Å². The minimum atomic E-state index is -0.396. The summed E-state index contributed by atoms with van der Waals surface area (Å²) in [6.07, 6.45) is 3.01. The van der Waals surface area contributed by atoms with Crippen LogP contribution in [0.5, 0.6) is 5.75 Å². The van der Waals surface area contributed by atoms with Crippen molar-refractivity contribution in [2.75, 3.05) is 0 Å². The highest BCUT2D eigenvalue weighted by Gasteiger charge is 2.06. The number of allylic oxidation sites excluding steroid dienone is 1. The monoisotopic (exact) mass is 296 g/mol. The molecule has 0 fully saturated rings. The Hall–Kier alpha value is -2.06. The standard InChI is InChI=1S/C20H24O2/c1-16(2)14-19(21)13-12-18-10-6-7-11-20(18)22-15-17-8-4-3-5-9-17/h3-11,14,19,21H,12-13,15H2,1-2H3. The lowest BCUT2D eigenvalue weighted by Gasteiger charge is -2.13. The van der Waals surface area contributed by atoms with Gasteiger partial charge >= 0.3 is 0 Å². The third kappa shape index (κ3) is 5.38. The minimum Gasteiger partial charge on any atom is -0.489 e. The van der Waals surface area contributed by atoms with E-state index in [4.69, 9.17) is 4.74 Å². The first-order valence-corrected chi connectivity index (χ1v) is 7.73. The smallest absolute Gasteiger partial charge is 0.122 e. The molecule has 2 heteroatoms. The predicted molar refractivity (Wildman–Crippen MR) is 91.0 cm³/mol. The van der Waals surface area contributed by atoms with Gasteiger partial charge in [-0.15, -0.1) is 0 Å². The van der Waals surface area contributed by atoms with Crippen LogP contribution in [0.2, 0.25) is 0 Å². The third-order valence-corrected chi connectivity index (χ3v) is 3.44. The number of ether oxygens (including phenoxy) is 1. The topological polar surface area (TPSA) is 29.5 Å². The first kappa shape index (κ1) is 16.3. The van der Waals surface area contributed by atoms with E-state index < -0.39 is 6.10 Å². The molecule has 0 heterocycles. The van der Waals surface area contributed by atoms with Crippen LogP contribution >= 0.6 is 0 Å². The molecule has 0 saturated heterocycles. The van der Waals surface area contributed by atoms with Crippen molar-refractivity contribution in [3.05, 3.63) is 77.4 Å². The highest BCUT2D eigenvalue weighted by Crippen LogP contribution is 2.21. The van der Waals surface area contributed by atoms with Crippen LogP contribution in [-0.4, -0.2) is 11.2 Å². The van der Waals surface area contributed by atoms with Crippen molar-refractivity contribution in [3.63, 3.8) is 0 Å². The molecule has 0 saturated carbocycles. The summed E-state index contributed by atoms with van der Waals surface area (Å²) < 4.78 is 5.94. The van der Waals surface area contributed by atoms with E-state index in [1.54, 1.807) is 0 Å². The van der Waals surface area contributed by atoms with E-state index in [9.17, 15) is 5.11 Å². The summed E-state index contributed by atoms with van der Waals surface area (Å²) >= 11 is 0. The van der Waals surface area contributed by atoms with Gasteiger partial charge in [0.2, 0.25) is 0 Å². The number of hydrogen-bond donors (Lipinski definition) is 1. The van der Waals surface area contributed by atoms with Gasteiger partial charge < -0.3 is 9.84 Å². The van der Waals surface area contributed by atoms with E-state index in [0.717, 1.165) is 28.9 Å². The van der Waals surface area contributed by atoms with Crippen LogP contribution in [0.25, 0.3) is 0 Å². The van der Waals surface area contributed by atoms with Crippen LogP contribution in [0.15, 0.2) is 66.2 Å². The van der Waals surface area contributed by atoms with Crippen LogP contribution in [0.4, 0.5) is 0 Å². The Morgan fingerprint density at radius 1 is 1.05 bits per heavy atom. The first-order chi connectivity index (χ1) is 10.6. The van der Waals surface area contributed by atoms with Crippen molar-refractivity contribution in [3.8, 4) is 5.75 Å². The number of para-hydroxylation sites is 1. The number of hydrogen-bond acceptors (Lipinski definition) is 2. The Kier molecular flexibility index (Phi) is 6.23. The lowest BCUT2D eigenvalue weighted by Crippen LogP contribution is -2.06. The molecule has 0 bridgehead atoms. The number of aliphatic hydroxyl groups is 1. The number of aryl methyl sites for hydroxylation is 1. The van der Waals surface area contributed by atoms with E-state index in [1.165, 1.54) is 0 Å². The van der Waals surface area contributed by atoms with Gasteiger partial charge in [0.15, 0.2) is 0 Å². The molecule has 1 atom stereocenters. The zero-order valence-corrected chi connectivity index (χ0v) is 13.3. The van der Waals surface area contributed by atoms with Gasteiger partial charge in [-0.25, -0.2) is 0 Å². The highest BCUT2D eigenvalue weighted by molar-refractivity contribution is 5.34. The molecule has 1 N–H and O–H groups in total. The van der Waals surface area contributed by atoms with Gasteiger partial charge in [0.1, 0.15) is 12.4 Å². The zero-order chi connectivity index (χ0) is 15.8. The van der Waals surface area contributed by atoms with Gasteiger partial charge in [0, 0.05) is 0 Å². The van der Waals surface area contributed by atoms with Gasteiger partial charge in [-0.2, -0.15) is 0 Å². The van der Waals surface area contributed by atoms with Crippen LogP contribution in [-0.2, 0) is 13.0 Å². The summed E-state index contributed by atoms with van der Waals surface area (Å²) in [7, 11) is 0. The molecule has 0 aliphatic carbocycles. The molecule has 2 aromatic carbocycles. The largest absolute Gasteiger partial charge is 0.489 e. The molecule has 0 aliphatic rings. The fourth-order valence-electron chi connectivity index (χ4n) is 2.36. The van der Waals surface area contributed by atoms with E-state index in [-0.39, 0.29) is 0 Å². The molecule has 116 valence electrons. The number of rotatable bonds is 7. The molecule has 0 aliphatic heterocycles.